The lowest BCUT2D eigenvalue weighted by molar-refractivity contribution is -0.154. The largest absolute Gasteiger partial charge is 0.381 e. The van der Waals surface area contributed by atoms with Crippen molar-refractivity contribution < 1.29 is 18.7 Å². The Morgan fingerprint density at radius 3 is 2.67 bits per heavy atom. The number of rotatable bonds is 3. The molecule has 0 bridgehead atoms. The number of carbonyl (C=O) groups is 1. The molecule has 1 amide bonds. The van der Waals surface area contributed by atoms with Crippen molar-refractivity contribution in [2.24, 2.45) is 11.1 Å². The van der Waals surface area contributed by atoms with Crippen molar-refractivity contribution in [3.05, 3.63) is 35.6 Å². The number of benzene rings is 1. The quantitative estimate of drug-likeness (QED) is 0.896. The number of nitrogens with zero attached hydrogens (tertiary/aromatic N) is 1. The summed E-state index contributed by atoms with van der Waals surface area (Å²) >= 11 is 0. The van der Waals surface area contributed by atoms with E-state index < -0.39 is 11.5 Å². The topological polar surface area (TPSA) is 64.8 Å². The van der Waals surface area contributed by atoms with Crippen LogP contribution in [0, 0.1) is 11.2 Å². The molecule has 0 spiro atoms. The Hall–Kier alpha value is -1.21. The van der Waals surface area contributed by atoms with Gasteiger partial charge >= 0.3 is 0 Å². The van der Waals surface area contributed by atoms with E-state index in [0.29, 0.717) is 57.9 Å². The van der Waals surface area contributed by atoms with Crippen LogP contribution in [0.1, 0.15) is 24.5 Å². The Morgan fingerprint density at radius 2 is 2.00 bits per heavy atom. The molecule has 2 aliphatic heterocycles. The molecule has 0 radical (unpaired) electrons. The maximum absolute atomic E-state index is 14.0. The maximum atomic E-state index is 14.0. The smallest absolute Gasteiger partial charge is 0.230 e. The predicted octanol–water partition coefficient (Wildman–Crippen LogP) is 1.90. The monoisotopic (exact) mass is 358 g/mol. The van der Waals surface area contributed by atoms with Crippen molar-refractivity contribution in [3.63, 3.8) is 0 Å². The van der Waals surface area contributed by atoms with Crippen molar-refractivity contribution >= 4 is 18.3 Å². The third-order valence-corrected chi connectivity index (χ3v) is 4.90. The van der Waals surface area contributed by atoms with Crippen LogP contribution in [0.25, 0.3) is 0 Å². The number of hydrogen-bond acceptors (Lipinski definition) is 4. The molecule has 2 aliphatic rings. The van der Waals surface area contributed by atoms with Gasteiger partial charge in [0, 0.05) is 31.9 Å². The molecule has 0 aromatic heterocycles. The molecule has 2 saturated heterocycles. The van der Waals surface area contributed by atoms with Crippen LogP contribution in [0.4, 0.5) is 4.39 Å². The van der Waals surface area contributed by atoms with E-state index in [4.69, 9.17) is 15.2 Å². The first-order valence-electron chi connectivity index (χ1n) is 8.09. The summed E-state index contributed by atoms with van der Waals surface area (Å²) in [6, 6.07) is 6.55. The number of nitrogens with two attached hydrogens (primary N) is 1. The number of carbonyl (C=O) groups excluding carboxylic acids is 1. The van der Waals surface area contributed by atoms with Crippen LogP contribution < -0.4 is 5.73 Å². The highest BCUT2D eigenvalue weighted by Gasteiger charge is 2.42. The molecule has 2 N–H and O–H groups in total. The summed E-state index contributed by atoms with van der Waals surface area (Å²) in [7, 11) is 0. The van der Waals surface area contributed by atoms with Gasteiger partial charge in [0.1, 0.15) is 11.9 Å². The van der Waals surface area contributed by atoms with Gasteiger partial charge in [-0.25, -0.2) is 4.39 Å². The minimum Gasteiger partial charge on any atom is -0.381 e. The van der Waals surface area contributed by atoms with Crippen molar-refractivity contribution in [1.29, 1.82) is 0 Å². The second-order valence-electron chi connectivity index (χ2n) is 6.23. The highest BCUT2D eigenvalue weighted by atomic mass is 35.5. The molecule has 1 atom stereocenters. The van der Waals surface area contributed by atoms with Gasteiger partial charge in [-0.05, 0) is 18.9 Å². The Kier molecular flexibility index (Phi) is 6.57. The maximum Gasteiger partial charge on any atom is 0.230 e. The Bertz CT molecular complexity index is 567. The molecule has 7 heteroatoms. The Labute approximate surface area is 147 Å². The van der Waals surface area contributed by atoms with E-state index in [1.54, 1.807) is 23.1 Å². The van der Waals surface area contributed by atoms with Crippen LogP contribution in [0.15, 0.2) is 24.3 Å². The molecule has 134 valence electrons. The van der Waals surface area contributed by atoms with Crippen LogP contribution >= 0.6 is 12.4 Å². The summed E-state index contributed by atoms with van der Waals surface area (Å²) in [6.45, 7) is 2.72. The lowest BCUT2D eigenvalue weighted by atomic mass is 9.78. The van der Waals surface area contributed by atoms with E-state index in [2.05, 4.69) is 0 Å². The molecule has 1 unspecified atom stereocenters. The first-order valence-corrected chi connectivity index (χ1v) is 8.09. The molecule has 5 nitrogen and oxygen atoms in total. The first kappa shape index (κ1) is 19.1. The van der Waals surface area contributed by atoms with Crippen LogP contribution in [0.2, 0.25) is 0 Å². The number of ether oxygens (including phenoxy) is 2. The van der Waals surface area contributed by atoms with E-state index in [1.165, 1.54) is 6.07 Å². The number of amides is 1. The molecule has 24 heavy (non-hydrogen) atoms. The molecular formula is C17H24ClFN2O3. The number of morpholine rings is 1. The van der Waals surface area contributed by atoms with Crippen molar-refractivity contribution in [2.75, 3.05) is 39.5 Å². The van der Waals surface area contributed by atoms with Gasteiger partial charge < -0.3 is 20.1 Å². The highest BCUT2D eigenvalue weighted by molar-refractivity contribution is 5.85. The molecule has 2 heterocycles. The third kappa shape index (κ3) is 3.72. The average molecular weight is 359 g/mol. The first-order chi connectivity index (χ1) is 11.2. The van der Waals surface area contributed by atoms with Crippen LogP contribution in [0.3, 0.4) is 0 Å². The molecule has 3 rings (SSSR count). The van der Waals surface area contributed by atoms with E-state index in [1.807, 2.05) is 0 Å². The van der Waals surface area contributed by atoms with Gasteiger partial charge in [-0.2, -0.15) is 0 Å². The fraction of sp³-hybridized carbons (Fsp3) is 0.588. The summed E-state index contributed by atoms with van der Waals surface area (Å²) < 4.78 is 25.0. The average Bonchev–Trinajstić information content (AvgIpc) is 2.62. The summed E-state index contributed by atoms with van der Waals surface area (Å²) in [6.07, 6.45) is 0.859. The molecule has 1 aromatic carbocycles. The third-order valence-electron chi connectivity index (χ3n) is 4.90. The van der Waals surface area contributed by atoms with Gasteiger partial charge in [-0.3, -0.25) is 4.79 Å². The standard InChI is InChI=1S/C17H23FN2O3.ClH/c18-14-4-2-1-3-13(14)15-11-20(7-10-23-15)16(21)17(12-19)5-8-22-9-6-17;/h1-4,15H,5-12,19H2;1H. The molecular weight excluding hydrogens is 335 g/mol. The van der Waals surface area contributed by atoms with Crippen LogP contribution in [0.5, 0.6) is 0 Å². The molecule has 0 aliphatic carbocycles. The molecule has 1 aromatic rings. The summed E-state index contributed by atoms with van der Waals surface area (Å²) in [5.41, 5.74) is 5.87. The Morgan fingerprint density at radius 1 is 1.29 bits per heavy atom. The van der Waals surface area contributed by atoms with Gasteiger partial charge in [-0.15, -0.1) is 12.4 Å². The van der Waals surface area contributed by atoms with E-state index in [0.717, 1.165) is 0 Å². The lowest BCUT2D eigenvalue weighted by Gasteiger charge is -2.41. The fourth-order valence-corrected chi connectivity index (χ4v) is 3.36. The van der Waals surface area contributed by atoms with Crippen LogP contribution in [-0.2, 0) is 14.3 Å². The van der Waals surface area contributed by atoms with Crippen LogP contribution in [-0.4, -0.2) is 50.3 Å². The minimum absolute atomic E-state index is 0. The second kappa shape index (κ2) is 8.25. The van der Waals surface area contributed by atoms with Gasteiger partial charge in [0.25, 0.3) is 0 Å². The Balaban J connectivity index is 0.00000208. The number of hydrogen-bond donors (Lipinski definition) is 1. The van der Waals surface area contributed by atoms with Crippen molar-refractivity contribution in [1.82, 2.24) is 4.90 Å². The number of halogens is 2. The zero-order valence-electron chi connectivity index (χ0n) is 13.6. The second-order valence-corrected chi connectivity index (χ2v) is 6.23. The normalized spacial score (nSPS) is 23.4. The van der Waals surface area contributed by atoms with Crippen molar-refractivity contribution in [3.8, 4) is 0 Å². The zero-order valence-corrected chi connectivity index (χ0v) is 14.4. The van der Waals surface area contributed by atoms with E-state index >= 15 is 0 Å². The summed E-state index contributed by atoms with van der Waals surface area (Å²) in [5.74, 6) is -0.251. The minimum atomic E-state index is -0.546. The van der Waals surface area contributed by atoms with Gasteiger partial charge in [-0.1, -0.05) is 18.2 Å². The predicted molar refractivity (Wildman–Crippen MR) is 90.5 cm³/mol. The van der Waals surface area contributed by atoms with E-state index in [-0.39, 0.29) is 24.1 Å². The lowest BCUT2D eigenvalue weighted by Crippen LogP contribution is -2.54. The van der Waals surface area contributed by atoms with Gasteiger partial charge in [0.15, 0.2) is 0 Å². The van der Waals surface area contributed by atoms with Gasteiger partial charge in [0.2, 0.25) is 5.91 Å². The zero-order chi connectivity index (χ0) is 16.3. The summed E-state index contributed by atoms with van der Waals surface area (Å²) in [4.78, 5) is 14.8. The summed E-state index contributed by atoms with van der Waals surface area (Å²) in [5, 5.41) is 0. The van der Waals surface area contributed by atoms with Gasteiger partial charge in [0.05, 0.1) is 18.6 Å². The van der Waals surface area contributed by atoms with E-state index in [9.17, 15) is 9.18 Å². The fourth-order valence-electron chi connectivity index (χ4n) is 3.36. The highest BCUT2D eigenvalue weighted by Crippen LogP contribution is 2.34. The molecule has 2 fully saturated rings. The SMILES string of the molecule is Cl.NCC1(C(=O)N2CCOC(c3ccccc3F)C2)CCOCC1. The van der Waals surface area contributed by atoms with Crippen molar-refractivity contribution in [2.45, 2.75) is 18.9 Å². The molecule has 0 saturated carbocycles.